The molecule has 0 bridgehead atoms. The standard InChI is InChI=1S/C17H31N7O2/c1-16(2,3)26-15(25)21-17(4,5)11-20-14(18-6)19-10-13-23-22-12-8-7-9-24(12)13/h7-11H2,1-6H3,(H,21,25)(H2,18,19,20). The van der Waals surface area contributed by atoms with Gasteiger partial charge in [0, 0.05) is 26.6 Å². The van der Waals surface area contributed by atoms with E-state index in [-0.39, 0.29) is 0 Å². The fourth-order valence-electron chi connectivity index (χ4n) is 2.65. The van der Waals surface area contributed by atoms with Gasteiger partial charge < -0.3 is 25.3 Å². The van der Waals surface area contributed by atoms with Crippen LogP contribution in [-0.4, -0.2) is 51.5 Å². The quantitative estimate of drug-likeness (QED) is 0.535. The summed E-state index contributed by atoms with van der Waals surface area (Å²) < 4.78 is 7.45. The molecule has 1 amide bonds. The molecule has 9 nitrogen and oxygen atoms in total. The van der Waals surface area contributed by atoms with Gasteiger partial charge in [-0.1, -0.05) is 0 Å². The number of carbonyl (C=O) groups is 1. The van der Waals surface area contributed by atoms with Crippen molar-refractivity contribution in [2.24, 2.45) is 4.99 Å². The number of rotatable bonds is 5. The Bertz CT molecular complexity index is 659. The highest BCUT2D eigenvalue weighted by Gasteiger charge is 2.25. The molecular weight excluding hydrogens is 334 g/mol. The van der Waals surface area contributed by atoms with Gasteiger partial charge in [0.15, 0.2) is 11.8 Å². The minimum atomic E-state index is -0.524. The Morgan fingerprint density at radius 1 is 1.23 bits per heavy atom. The number of hydrogen-bond donors (Lipinski definition) is 3. The third kappa shape index (κ3) is 5.89. The zero-order valence-corrected chi connectivity index (χ0v) is 16.6. The van der Waals surface area contributed by atoms with E-state index < -0.39 is 17.2 Å². The Morgan fingerprint density at radius 3 is 2.62 bits per heavy atom. The SMILES string of the molecule is CN=C(NCc1nnc2n1CCC2)NCC(C)(C)NC(=O)OC(C)(C)C. The van der Waals surface area contributed by atoms with Crippen molar-refractivity contribution in [1.29, 1.82) is 0 Å². The van der Waals surface area contributed by atoms with Crippen molar-refractivity contribution in [2.75, 3.05) is 13.6 Å². The lowest BCUT2D eigenvalue weighted by Gasteiger charge is -2.29. The number of nitrogens with one attached hydrogen (secondary N) is 3. The summed E-state index contributed by atoms with van der Waals surface area (Å²) in [6.45, 7) is 11.4. The van der Waals surface area contributed by atoms with E-state index in [0.29, 0.717) is 19.0 Å². The highest BCUT2D eigenvalue weighted by atomic mass is 16.6. The lowest BCUT2D eigenvalue weighted by atomic mass is 10.1. The Morgan fingerprint density at radius 2 is 1.96 bits per heavy atom. The molecule has 1 aromatic heterocycles. The van der Waals surface area contributed by atoms with Gasteiger partial charge >= 0.3 is 6.09 Å². The maximum atomic E-state index is 12.0. The van der Waals surface area contributed by atoms with E-state index in [1.54, 1.807) is 7.05 Å². The number of aliphatic imine (C=N–C) groups is 1. The maximum Gasteiger partial charge on any atom is 0.408 e. The van der Waals surface area contributed by atoms with E-state index in [1.165, 1.54) is 0 Å². The molecule has 146 valence electrons. The highest BCUT2D eigenvalue weighted by molar-refractivity contribution is 5.79. The Balaban J connectivity index is 1.81. The molecule has 1 aromatic rings. The summed E-state index contributed by atoms with van der Waals surface area (Å²) in [6.07, 6.45) is 1.67. The predicted octanol–water partition coefficient (Wildman–Crippen LogP) is 1.19. The van der Waals surface area contributed by atoms with E-state index in [0.717, 1.165) is 31.0 Å². The second-order valence-electron chi connectivity index (χ2n) is 8.08. The Kier molecular flexibility index (Phi) is 6.09. The third-order valence-corrected chi connectivity index (χ3v) is 3.86. The highest BCUT2D eigenvalue weighted by Crippen LogP contribution is 2.13. The first kappa shape index (κ1) is 20.0. The first-order valence-electron chi connectivity index (χ1n) is 8.96. The van der Waals surface area contributed by atoms with E-state index in [4.69, 9.17) is 4.74 Å². The molecular formula is C17H31N7O2. The molecule has 9 heteroatoms. The van der Waals surface area contributed by atoms with Crippen molar-refractivity contribution >= 4 is 12.1 Å². The van der Waals surface area contributed by atoms with Crippen LogP contribution in [0.2, 0.25) is 0 Å². The molecule has 0 fully saturated rings. The van der Waals surface area contributed by atoms with Gasteiger partial charge in [0.05, 0.1) is 12.1 Å². The molecule has 2 rings (SSSR count). The number of fused-ring (bicyclic) bond motifs is 1. The fraction of sp³-hybridized carbons (Fsp3) is 0.765. The van der Waals surface area contributed by atoms with Gasteiger partial charge in [0.2, 0.25) is 0 Å². The number of aromatic nitrogens is 3. The molecule has 1 aliphatic rings. The first-order valence-corrected chi connectivity index (χ1v) is 8.96. The minimum absolute atomic E-state index is 0.439. The summed E-state index contributed by atoms with van der Waals surface area (Å²) in [6, 6.07) is 0. The van der Waals surface area contributed by atoms with Crippen LogP contribution in [0.5, 0.6) is 0 Å². The van der Waals surface area contributed by atoms with Gasteiger partial charge in [0.1, 0.15) is 11.4 Å². The molecule has 26 heavy (non-hydrogen) atoms. The zero-order chi connectivity index (χ0) is 19.4. The van der Waals surface area contributed by atoms with Crippen LogP contribution in [0.3, 0.4) is 0 Å². The maximum absolute atomic E-state index is 12.0. The number of aryl methyl sites for hydroxylation is 1. The molecule has 0 aromatic carbocycles. The van der Waals surface area contributed by atoms with Crippen LogP contribution in [0.1, 0.15) is 52.7 Å². The van der Waals surface area contributed by atoms with E-state index in [1.807, 2.05) is 34.6 Å². The van der Waals surface area contributed by atoms with Gasteiger partial charge in [-0.25, -0.2) is 4.79 Å². The van der Waals surface area contributed by atoms with Gasteiger partial charge in [-0.05, 0) is 41.0 Å². The summed E-state index contributed by atoms with van der Waals surface area (Å²) in [5.74, 6) is 2.60. The Labute approximate surface area is 155 Å². The number of alkyl carbamates (subject to hydrolysis) is 1. The fourth-order valence-corrected chi connectivity index (χ4v) is 2.65. The van der Waals surface area contributed by atoms with Gasteiger partial charge in [0.25, 0.3) is 0 Å². The van der Waals surface area contributed by atoms with Crippen LogP contribution >= 0.6 is 0 Å². The van der Waals surface area contributed by atoms with Crippen molar-refractivity contribution in [1.82, 2.24) is 30.7 Å². The van der Waals surface area contributed by atoms with Crippen molar-refractivity contribution in [3.8, 4) is 0 Å². The van der Waals surface area contributed by atoms with E-state index in [9.17, 15) is 4.79 Å². The third-order valence-electron chi connectivity index (χ3n) is 3.86. The molecule has 0 unspecified atom stereocenters. The zero-order valence-electron chi connectivity index (χ0n) is 16.6. The number of guanidine groups is 1. The summed E-state index contributed by atoms with van der Waals surface area (Å²) in [7, 11) is 1.71. The van der Waals surface area contributed by atoms with Gasteiger partial charge in [-0.3, -0.25) is 4.99 Å². The van der Waals surface area contributed by atoms with Crippen LogP contribution in [0, 0.1) is 0 Å². The van der Waals surface area contributed by atoms with Gasteiger partial charge in [-0.2, -0.15) is 0 Å². The largest absolute Gasteiger partial charge is 0.444 e. The number of ether oxygens (including phenoxy) is 1. The van der Waals surface area contributed by atoms with Crippen molar-refractivity contribution in [3.63, 3.8) is 0 Å². The van der Waals surface area contributed by atoms with Crippen LogP contribution < -0.4 is 16.0 Å². The molecule has 0 spiro atoms. The molecule has 1 aliphatic heterocycles. The number of nitrogens with zero attached hydrogens (tertiary/aromatic N) is 4. The summed E-state index contributed by atoms with van der Waals surface area (Å²) in [5.41, 5.74) is -1.03. The Hall–Kier alpha value is -2.32. The number of carbonyl (C=O) groups excluding carboxylic acids is 1. The predicted molar refractivity (Wildman–Crippen MR) is 100.0 cm³/mol. The van der Waals surface area contributed by atoms with Crippen molar-refractivity contribution in [2.45, 2.75) is 71.7 Å². The normalized spacial score (nSPS) is 14.8. The number of amides is 1. The van der Waals surface area contributed by atoms with E-state index >= 15 is 0 Å². The second kappa shape index (κ2) is 7.92. The average Bonchev–Trinajstić information content (AvgIpc) is 3.08. The molecule has 3 N–H and O–H groups in total. The summed E-state index contributed by atoms with van der Waals surface area (Å²) in [5, 5.41) is 17.7. The molecule has 2 heterocycles. The average molecular weight is 365 g/mol. The summed E-state index contributed by atoms with van der Waals surface area (Å²) in [4.78, 5) is 16.2. The van der Waals surface area contributed by atoms with Crippen LogP contribution in [0.15, 0.2) is 4.99 Å². The van der Waals surface area contributed by atoms with Gasteiger partial charge in [-0.15, -0.1) is 10.2 Å². The van der Waals surface area contributed by atoms with Crippen LogP contribution in [0.4, 0.5) is 4.79 Å². The number of hydrogen-bond acceptors (Lipinski definition) is 5. The molecule has 0 radical (unpaired) electrons. The first-order chi connectivity index (χ1) is 12.1. The molecule has 0 atom stereocenters. The topological polar surface area (TPSA) is 105 Å². The van der Waals surface area contributed by atoms with E-state index in [2.05, 4.69) is 35.7 Å². The van der Waals surface area contributed by atoms with Crippen molar-refractivity contribution in [3.05, 3.63) is 11.6 Å². The monoisotopic (exact) mass is 365 g/mol. The smallest absolute Gasteiger partial charge is 0.408 e. The minimum Gasteiger partial charge on any atom is -0.444 e. The molecule has 0 saturated carbocycles. The second-order valence-corrected chi connectivity index (χ2v) is 8.08. The summed E-state index contributed by atoms with van der Waals surface area (Å²) >= 11 is 0. The molecule has 0 aliphatic carbocycles. The van der Waals surface area contributed by atoms with Crippen molar-refractivity contribution < 1.29 is 9.53 Å². The molecule has 0 saturated heterocycles. The lowest BCUT2D eigenvalue weighted by molar-refractivity contribution is 0.0474. The lowest BCUT2D eigenvalue weighted by Crippen LogP contribution is -2.54. The van der Waals surface area contributed by atoms with Crippen LogP contribution in [0.25, 0.3) is 0 Å². The van der Waals surface area contributed by atoms with Crippen LogP contribution in [-0.2, 0) is 24.2 Å².